The van der Waals surface area contributed by atoms with Crippen molar-refractivity contribution in [1.29, 1.82) is 5.26 Å². The van der Waals surface area contributed by atoms with Gasteiger partial charge in [0.15, 0.2) is 6.04 Å². The summed E-state index contributed by atoms with van der Waals surface area (Å²) in [6.07, 6.45) is 0. The third kappa shape index (κ3) is 2.53. The van der Waals surface area contributed by atoms with Crippen molar-refractivity contribution in [2.24, 2.45) is 0 Å². The molecule has 22 heavy (non-hydrogen) atoms. The summed E-state index contributed by atoms with van der Waals surface area (Å²) in [5, 5.41) is 8.89. The van der Waals surface area contributed by atoms with Gasteiger partial charge in [0, 0.05) is 5.69 Å². The Hall–Kier alpha value is -2.80. The lowest BCUT2D eigenvalue weighted by atomic mass is 10.1. The Kier molecular flexibility index (Phi) is 3.80. The molecule has 1 fully saturated rings. The molecule has 1 heterocycles. The van der Waals surface area contributed by atoms with Gasteiger partial charge in [0.1, 0.15) is 0 Å². The van der Waals surface area contributed by atoms with Gasteiger partial charge in [-0.3, -0.25) is 0 Å². The van der Waals surface area contributed by atoms with E-state index in [1.54, 1.807) is 12.1 Å². The molecule has 0 spiro atoms. The van der Waals surface area contributed by atoms with Gasteiger partial charge in [0.05, 0.1) is 24.3 Å². The highest BCUT2D eigenvalue weighted by Gasteiger charge is 2.54. The van der Waals surface area contributed by atoms with Crippen molar-refractivity contribution in [2.45, 2.75) is 19.0 Å². The summed E-state index contributed by atoms with van der Waals surface area (Å²) in [6, 6.07) is 19.0. The highest BCUT2D eigenvalue weighted by atomic mass is 16.5. The van der Waals surface area contributed by atoms with Crippen molar-refractivity contribution < 1.29 is 9.53 Å². The Morgan fingerprint density at radius 2 is 1.86 bits per heavy atom. The third-order valence-electron chi connectivity index (χ3n) is 3.77. The van der Waals surface area contributed by atoms with Crippen LogP contribution in [-0.4, -0.2) is 18.6 Å². The van der Waals surface area contributed by atoms with Crippen LogP contribution in [0.4, 0.5) is 5.69 Å². The molecule has 0 saturated carbocycles. The molecule has 4 heteroatoms. The fourth-order valence-corrected chi connectivity index (χ4v) is 2.72. The maximum atomic E-state index is 12.2. The Balaban J connectivity index is 1.90. The van der Waals surface area contributed by atoms with Gasteiger partial charge in [-0.15, -0.1) is 0 Å². The Labute approximate surface area is 129 Å². The molecule has 2 atom stereocenters. The van der Waals surface area contributed by atoms with Crippen LogP contribution in [-0.2, 0) is 9.53 Å². The van der Waals surface area contributed by atoms with E-state index in [2.05, 4.69) is 6.07 Å². The number of rotatable bonds is 4. The number of hydrogen-bond acceptors (Lipinski definition) is 4. The summed E-state index contributed by atoms with van der Waals surface area (Å²) in [6.45, 7) is 2.18. The van der Waals surface area contributed by atoms with Crippen molar-refractivity contribution >= 4 is 11.7 Å². The minimum atomic E-state index is -0.296. The van der Waals surface area contributed by atoms with Crippen molar-refractivity contribution in [1.82, 2.24) is 0 Å². The van der Waals surface area contributed by atoms with Gasteiger partial charge in [-0.05, 0) is 36.8 Å². The average Bonchev–Trinajstić information content (AvgIpc) is 3.32. The van der Waals surface area contributed by atoms with Crippen molar-refractivity contribution in [2.75, 3.05) is 11.5 Å². The lowest BCUT2D eigenvalue weighted by molar-refractivity contribution is -0.142. The van der Waals surface area contributed by atoms with Crippen LogP contribution in [0.3, 0.4) is 0 Å². The molecule has 0 amide bonds. The summed E-state index contributed by atoms with van der Waals surface area (Å²) >= 11 is 0. The number of ether oxygens (including phenoxy) is 1. The molecule has 0 radical (unpaired) electrons. The van der Waals surface area contributed by atoms with Crippen LogP contribution in [0.5, 0.6) is 0 Å². The van der Waals surface area contributed by atoms with Gasteiger partial charge in [0.25, 0.3) is 0 Å². The first-order valence-corrected chi connectivity index (χ1v) is 7.26. The summed E-state index contributed by atoms with van der Waals surface area (Å²) in [5.74, 6) is -0.208. The first-order valence-electron chi connectivity index (χ1n) is 7.26. The van der Waals surface area contributed by atoms with Crippen LogP contribution >= 0.6 is 0 Å². The summed E-state index contributed by atoms with van der Waals surface area (Å²) in [5.41, 5.74) is 2.62. The molecule has 1 aliphatic heterocycles. The highest BCUT2D eigenvalue weighted by molar-refractivity contribution is 5.89. The molecule has 4 nitrogen and oxygen atoms in total. The van der Waals surface area contributed by atoms with Gasteiger partial charge >= 0.3 is 5.97 Å². The van der Waals surface area contributed by atoms with E-state index in [4.69, 9.17) is 10.00 Å². The Bertz CT molecular complexity index is 704. The second-order valence-electron chi connectivity index (χ2n) is 5.12. The molecular weight excluding hydrogens is 276 g/mol. The van der Waals surface area contributed by atoms with Crippen molar-refractivity contribution in [3.8, 4) is 6.07 Å². The molecular formula is C18H16N2O2. The van der Waals surface area contributed by atoms with E-state index in [1.807, 2.05) is 54.3 Å². The molecule has 0 aliphatic carbocycles. The molecule has 0 aromatic heterocycles. The fourth-order valence-electron chi connectivity index (χ4n) is 2.72. The van der Waals surface area contributed by atoms with Crippen LogP contribution in [0.15, 0.2) is 54.6 Å². The van der Waals surface area contributed by atoms with Crippen LogP contribution in [0.25, 0.3) is 0 Å². The zero-order valence-corrected chi connectivity index (χ0v) is 12.3. The molecule has 1 saturated heterocycles. The normalized spacial score (nSPS) is 19.4. The predicted molar refractivity (Wildman–Crippen MR) is 83.2 cm³/mol. The maximum absolute atomic E-state index is 12.2. The van der Waals surface area contributed by atoms with E-state index >= 15 is 0 Å². The number of carbonyl (C=O) groups is 1. The predicted octanol–water partition coefficient (Wildman–Crippen LogP) is 3.05. The van der Waals surface area contributed by atoms with Gasteiger partial charge in [-0.25, -0.2) is 4.79 Å². The molecule has 1 aliphatic rings. The molecule has 0 N–H and O–H groups in total. The molecule has 0 unspecified atom stereocenters. The number of esters is 1. The third-order valence-corrected chi connectivity index (χ3v) is 3.77. The second kappa shape index (κ2) is 5.90. The number of nitriles is 1. The molecule has 2 aromatic carbocycles. The van der Waals surface area contributed by atoms with E-state index in [9.17, 15) is 4.79 Å². The van der Waals surface area contributed by atoms with Crippen LogP contribution < -0.4 is 4.90 Å². The molecule has 0 bridgehead atoms. The minimum absolute atomic E-state index is 0.00631. The number of nitrogens with zero attached hydrogens (tertiary/aromatic N) is 2. The smallest absolute Gasteiger partial charge is 0.331 e. The van der Waals surface area contributed by atoms with Crippen LogP contribution in [0.2, 0.25) is 0 Å². The minimum Gasteiger partial charge on any atom is -0.464 e. The maximum Gasteiger partial charge on any atom is 0.331 e. The van der Waals surface area contributed by atoms with Crippen molar-refractivity contribution in [3.05, 3.63) is 65.7 Å². The Morgan fingerprint density at radius 3 is 2.45 bits per heavy atom. The lowest BCUT2D eigenvalue weighted by Crippen LogP contribution is -2.15. The summed E-state index contributed by atoms with van der Waals surface area (Å²) in [7, 11) is 0. The summed E-state index contributed by atoms with van der Waals surface area (Å²) in [4.78, 5) is 14.2. The van der Waals surface area contributed by atoms with Crippen molar-refractivity contribution in [3.63, 3.8) is 0 Å². The second-order valence-corrected chi connectivity index (χ2v) is 5.12. The standard InChI is InChI=1S/C18H16N2O2/c1-2-22-18(21)17-16(14-6-4-3-5-7-14)20(17)15-10-8-13(12-19)9-11-15/h3-11,16-17H,2H2,1H3/t16-,17-,20?/m0/s1. The van der Waals surface area contributed by atoms with Gasteiger partial charge in [-0.2, -0.15) is 5.26 Å². The van der Waals surface area contributed by atoms with E-state index in [1.165, 1.54) is 0 Å². The molecule has 110 valence electrons. The van der Waals surface area contributed by atoms with E-state index in [-0.39, 0.29) is 18.1 Å². The first kappa shape index (κ1) is 14.2. The van der Waals surface area contributed by atoms with Crippen LogP contribution in [0, 0.1) is 11.3 Å². The SMILES string of the molecule is CCOC(=O)[C@@H]1[C@H](c2ccccc2)N1c1ccc(C#N)cc1. The number of anilines is 1. The van der Waals surface area contributed by atoms with Gasteiger partial charge in [0.2, 0.25) is 0 Å². The quantitative estimate of drug-likeness (QED) is 0.642. The number of carbonyl (C=O) groups excluding carboxylic acids is 1. The zero-order chi connectivity index (χ0) is 15.5. The van der Waals surface area contributed by atoms with Crippen LogP contribution in [0.1, 0.15) is 24.1 Å². The average molecular weight is 292 g/mol. The zero-order valence-electron chi connectivity index (χ0n) is 12.3. The Morgan fingerprint density at radius 1 is 1.18 bits per heavy atom. The van der Waals surface area contributed by atoms with E-state index in [0.717, 1.165) is 11.3 Å². The van der Waals surface area contributed by atoms with E-state index in [0.29, 0.717) is 12.2 Å². The monoisotopic (exact) mass is 292 g/mol. The fraction of sp³-hybridized carbons (Fsp3) is 0.222. The number of benzene rings is 2. The summed E-state index contributed by atoms with van der Waals surface area (Å²) < 4.78 is 5.18. The lowest BCUT2D eigenvalue weighted by Gasteiger charge is -2.06. The number of hydrogen-bond donors (Lipinski definition) is 0. The first-order chi connectivity index (χ1) is 10.8. The largest absolute Gasteiger partial charge is 0.464 e. The van der Waals surface area contributed by atoms with Gasteiger partial charge in [-0.1, -0.05) is 30.3 Å². The molecule has 3 rings (SSSR count). The molecule has 2 aromatic rings. The highest BCUT2D eigenvalue weighted by Crippen LogP contribution is 2.47. The van der Waals surface area contributed by atoms with E-state index < -0.39 is 0 Å². The topological polar surface area (TPSA) is 53.1 Å². The van der Waals surface area contributed by atoms with Gasteiger partial charge < -0.3 is 9.64 Å².